The van der Waals surface area contributed by atoms with Gasteiger partial charge in [0.1, 0.15) is 5.75 Å². The third kappa shape index (κ3) is 3.12. The second-order valence-corrected chi connectivity index (χ2v) is 6.04. The van der Waals surface area contributed by atoms with Gasteiger partial charge >= 0.3 is 6.09 Å². The van der Waals surface area contributed by atoms with Gasteiger partial charge in [-0.25, -0.2) is 4.79 Å². The summed E-state index contributed by atoms with van der Waals surface area (Å²) in [7, 11) is 0. The lowest BCUT2D eigenvalue weighted by Gasteiger charge is -2.26. The number of phenolic OH excluding ortho intramolecular Hbond substituents is 1. The first-order valence-electron chi connectivity index (χ1n) is 4.80. The lowest BCUT2D eigenvalue weighted by molar-refractivity contribution is 0.115. The van der Waals surface area contributed by atoms with Gasteiger partial charge in [-0.15, -0.1) is 12.4 Å². The van der Waals surface area contributed by atoms with E-state index in [0.29, 0.717) is 22.0 Å². The number of phenols is 1. The number of cyclic esters (lactones) is 1. The second kappa shape index (κ2) is 6.45. The largest absolute Gasteiger partial charge is 0.506 e. The standard InChI is InChI=1S/C10H8Br3NO3.ClH/c11-4-3-5(12)9(15)8(13)7(4)6-1-2-17-10(16)14-6;/h3,6,15H,1-2H2,(H,14,16);1H/t6-;/m1./s1. The van der Waals surface area contributed by atoms with E-state index in [1.54, 1.807) is 6.07 Å². The molecule has 4 nitrogen and oxygen atoms in total. The van der Waals surface area contributed by atoms with Crippen LogP contribution in [0.1, 0.15) is 18.0 Å². The lowest BCUT2D eigenvalue weighted by Crippen LogP contribution is -2.35. The summed E-state index contributed by atoms with van der Waals surface area (Å²) in [6, 6.07) is 1.57. The van der Waals surface area contributed by atoms with Crippen molar-refractivity contribution in [3.63, 3.8) is 0 Å². The number of nitrogens with one attached hydrogen (secondary N) is 1. The Morgan fingerprint density at radius 3 is 2.61 bits per heavy atom. The smallest absolute Gasteiger partial charge is 0.407 e. The van der Waals surface area contributed by atoms with Crippen LogP contribution in [-0.2, 0) is 4.74 Å². The number of benzene rings is 1. The number of amides is 1. The minimum Gasteiger partial charge on any atom is -0.506 e. The molecule has 0 aromatic heterocycles. The van der Waals surface area contributed by atoms with E-state index in [1.165, 1.54) is 0 Å². The van der Waals surface area contributed by atoms with Crippen LogP contribution < -0.4 is 5.32 Å². The molecule has 1 saturated heterocycles. The Bertz CT molecular complexity index is 484. The molecule has 1 aliphatic rings. The summed E-state index contributed by atoms with van der Waals surface area (Å²) in [6.07, 6.45) is 0.215. The number of alkyl carbamates (subject to hydrolysis) is 1. The molecule has 1 fully saturated rings. The molecule has 1 amide bonds. The lowest BCUT2D eigenvalue weighted by atomic mass is 10.0. The molecular formula is C10H9Br3ClNO3. The van der Waals surface area contributed by atoms with E-state index < -0.39 is 6.09 Å². The van der Waals surface area contributed by atoms with Crippen molar-refractivity contribution in [2.45, 2.75) is 12.5 Å². The number of carbonyl (C=O) groups is 1. The van der Waals surface area contributed by atoms with E-state index >= 15 is 0 Å². The molecular weight excluding hydrogens is 457 g/mol. The van der Waals surface area contributed by atoms with Crippen LogP contribution in [0.25, 0.3) is 0 Å². The summed E-state index contributed by atoms with van der Waals surface area (Å²) < 4.78 is 6.76. The van der Waals surface area contributed by atoms with Gasteiger partial charge in [0.2, 0.25) is 0 Å². The van der Waals surface area contributed by atoms with Crippen LogP contribution in [0.3, 0.4) is 0 Å². The molecule has 0 aliphatic carbocycles. The maximum absolute atomic E-state index is 11.2. The minimum absolute atomic E-state index is 0. The maximum atomic E-state index is 11.2. The van der Waals surface area contributed by atoms with Crippen molar-refractivity contribution in [3.05, 3.63) is 25.0 Å². The predicted octanol–water partition coefficient (Wildman–Crippen LogP) is 4.27. The molecule has 1 aromatic rings. The molecule has 1 aromatic carbocycles. The summed E-state index contributed by atoms with van der Waals surface area (Å²) in [5, 5.41) is 12.6. The number of halogens is 4. The Morgan fingerprint density at radius 1 is 1.33 bits per heavy atom. The molecule has 2 rings (SSSR count). The van der Waals surface area contributed by atoms with Gasteiger partial charge in [0.05, 0.1) is 21.6 Å². The fourth-order valence-corrected chi connectivity index (χ4v) is 4.33. The Balaban J connectivity index is 0.00000162. The number of hydrogen-bond donors (Lipinski definition) is 2. The van der Waals surface area contributed by atoms with Crippen molar-refractivity contribution in [1.82, 2.24) is 5.32 Å². The zero-order chi connectivity index (χ0) is 12.6. The molecule has 0 saturated carbocycles. The van der Waals surface area contributed by atoms with Gasteiger partial charge in [-0.1, -0.05) is 15.9 Å². The monoisotopic (exact) mass is 463 g/mol. The first kappa shape index (κ1) is 16.1. The molecule has 2 N–H and O–H groups in total. The van der Waals surface area contributed by atoms with E-state index in [0.717, 1.165) is 10.0 Å². The van der Waals surface area contributed by atoms with E-state index in [9.17, 15) is 9.90 Å². The number of ether oxygens (including phenoxy) is 1. The Kier molecular flexibility index (Phi) is 5.76. The molecule has 1 heterocycles. The molecule has 1 atom stereocenters. The summed E-state index contributed by atoms with van der Waals surface area (Å²) in [4.78, 5) is 11.2. The SMILES string of the molecule is Cl.O=C1N[C@@H](c2c(Br)cc(Br)c(O)c2Br)CCO1. The van der Waals surface area contributed by atoms with E-state index in [1.807, 2.05) is 0 Å². The quantitative estimate of drug-likeness (QED) is 0.650. The Morgan fingerprint density at radius 2 is 2.00 bits per heavy atom. The van der Waals surface area contributed by atoms with Crippen LogP contribution in [0.15, 0.2) is 19.5 Å². The fraction of sp³-hybridized carbons (Fsp3) is 0.300. The van der Waals surface area contributed by atoms with Gasteiger partial charge in [0.25, 0.3) is 0 Å². The topological polar surface area (TPSA) is 58.6 Å². The molecule has 8 heteroatoms. The highest BCUT2D eigenvalue weighted by molar-refractivity contribution is 9.11. The first-order chi connectivity index (χ1) is 8.00. The van der Waals surface area contributed by atoms with Crippen LogP contribution in [0.5, 0.6) is 5.75 Å². The van der Waals surface area contributed by atoms with Crippen LogP contribution >= 0.6 is 60.2 Å². The number of hydrogen-bond acceptors (Lipinski definition) is 3. The second-order valence-electron chi connectivity index (χ2n) is 3.54. The zero-order valence-electron chi connectivity index (χ0n) is 8.87. The van der Waals surface area contributed by atoms with Crippen molar-refractivity contribution in [2.24, 2.45) is 0 Å². The maximum Gasteiger partial charge on any atom is 0.407 e. The van der Waals surface area contributed by atoms with Crippen molar-refractivity contribution >= 4 is 66.3 Å². The Hall–Kier alpha value is 0.0200. The average Bonchev–Trinajstić information content (AvgIpc) is 2.26. The fourth-order valence-electron chi connectivity index (χ4n) is 1.66. The third-order valence-corrected chi connectivity index (χ3v) is 4.52. The first-order valence-corrected chi connectivity index (χ1v) is 7.18. The van der Waals surface area contributed by atoms with Crippen LogP contribution in [0, 0.1) is 0 Å². The number of carbonyl (C=O) groups excluding carboxylic acids is 1. The summed E-state index contributed by atoms with van der Waals surface area (Å²) >= 11 is 10.0. The molecule has 0 unspecified atom stereocenters. The highest BCUT2D eigenvalue weighted by atomic mass is 79.9. The normalized spacial score (nSPS) is 18.6. The van der Waals surface area contributed by atoms with Crippen molar-refractivity contribution in [1.29, 1.82) is 0 Å². The zero-order valence-corrected chi connectivity index (χ0v) is 14.4. The van der Waals surface area contributed by atoms with Gasteiger partial charge < -0.3 is 15.2 Å². The average molecular weight is 466 g/mol. The third-order valence-electron chi connectivity index (χ3n) is 2.46. The van der Waals surface area contributed by atoms with Gasteiger partial charge in [-0.05, 0) is 37.9 Å². The minimum atomic E-state index is -0.442. The van der Waals surface area contributed by atoms with E-state index in [2.05, 4.69) is 53.1 Å². The van der Waals surface area contributed by atoms with Crippen LogP contribution in [-0.4, -0.2) is 17.8 Å². The molecule has 1 aliphatic heterocycles. The highest BCUT2D eigenvalue weighted by Gasteiger charge is 2.26. The van der Waals surface area contributed by atoms with Gasteiger partial charge in [-0.2, -0.15) is 0 Å². The summed E-state index contributed by atoms with van der Waals surface area (Å²) in [5.74, 6) is 0.115. The van der Waals surface area contributed by atoms with Gasteiger partial charge in [0.15, 0.2) is 0 Å². The molecule has 0 radical (unpaired) electrons. The number of rotatable bonds is 1. The van der Waals surface area contributed by atoms with E-state index in [-0.39, 0.29) is 24.2 Å². The highest BCUT2D eigenvalue weighted by Crippen LogP contribution is 2.43. The molecule has 0 bridgehead atoms. The van der Waals surface area contributed by atoms with Crippen LogP contribution in [0.4, 0.5) is 4.79 Å². The predicted molar refractivity (Wildman–Crippen MR) is 80.3 cm³/mol. The van der Waals surface area contributed by atoms with Gasteiger partial charge in [0, 0.05) is 16.5 Å². The molecule has 100 valence electrons. The van der Waals surface area contributed by atoms with Crippen molar-refractivity contribution in [3.8, 4) is 5.75 Å². The summed E-state index contributed by atoms with van der Waals surface area (Å²) in [6.45, 7) is 0.367. The van der Waals surface area contributed by atoms with Crippen LogP contribution in [0.2, 0.25) is 0 Å². The Labute approximate surface area is 135 Å². The molecule has 18 heavy (non-hydrogen) atoms. The summed E-state index contributed by atoms with van der Waals surface area (Å²) in [5.41, 5.74) is 0.808. The van der Waals surface area contributed by atoms with Gasteiger partial charge in [-0.3, -0.25) is 0 Å². The van der Waals surface area contributed by atoms with Crippen molar-refractivity contribution < 1.29 is 14.6 Å². The van der Waals surface area contributed by atoms with E-state index in [4.69, 9.17) is 4.74 Å². The molecule has 0 spiro atoms. The van der Waals surface area contributed by atoms with Crippen molar-refractivity contribution in [2.75, 3.05) is 6.61 Å². The number of aromatic hydroxyl groups is 1.